The van der Waals surface area contributed by atoms with Crippen LogP contribution in [0.25, 0.3) is 0 Å². The van der Waals surface area contributed by atoms with Crippen molar-refractivity contribution in [3.63, 3.8) is 0 Å². The molecule has 1 fully saturated rings. The maximum Gasteiger partial charge on any atom is 0.410 e. The molecule has 0 aromatic heterocycles. The number of hydrogen-bond acceptors (Lipinski definition) is 4. The Morgan fingerprint density at radius 2 is 1.47 bits per heavy atom. The number of ketones is 1. The maximum absolute atomic E-state index is 13.0. The first kappa shape index (κ1) is 23.5. The van der Waals surface area contributed by atoms with E-state index in [1.165, 1.54) is 0 Å². The molecule has 0 aliphatic carbocycles. The molecule has 1 unspecified atom stereocenters. The predicted octanol–water partition coefficient (Wildman–Crippen LogP) is 4.43. The van der Waals surface area contributed by atoms with Crippen molar-refractivity contribution < 1.29 is 19.1 Å². The monoisotopic (exact) mass is 436 g/mol. The SMILES string of the molecule is CC(C)(C)C(=O)C(=O)N1CCCC1COC(=O)N(Cc1ccccc1)Cc1ccccc1. The molecule has 170 valence electrons. The molecule has 1 saturated heterocycles. The van der Waals surface area contributed by atoms with E-state index in [0.717, 1.165) is 17.5 Å². The van der Waals surface area contributed by atoms with Crippen LogP contribution in [0.4, 0.5) is 4.79 Å². The van der Waals surface area contributed by atoms with E-state index in [0.29, 0.717) is 26.1 Å². The van der Waals surface area contributed by atoms with Crippen molar-refractivity contribution in [3.05, 3.63) is 71.8 Å². The Labute approximate surface area is 190 Å². The van der Waals surface area contributed by atoms with Gasteiger partial charge in [0.15, 0.2) is 0 Å². The molecule has 0 spiro atoms. The molecule has 6 nitrogen and oxygen atoms in total. The fraction of sp³-hybridized carbons (Fsp3) is 0.423. The summed E-state index contributed by atoms with van der Waals surface area (Å²) in [5.74, 6) is -0.896. The molecule has 0 bridgehead atoms. The summed E-state index contributed by atoms with van der Waals surface area (Å²) in [5.41, 5.74) is 1.28. The van der Waals surface area contributed by atoms with E-state index in [9.17, 15) is 14.4 Å². The van der Waals surface area contributed by atoms with Crippen LogP contribution in [-0.2, 0) is 27.4 Å². The van der Waals surface area contributed by atoms with E-state index >= 15 is 0 Å². The number of hydrogen-bond donors (Lipinski definition) is 0. The first-order valence-corrected chi connectivity index (χ1v) is 11.1. The van der Waals surface area contributed by atoms with Gasteiger partial charge < -0.3 is 9.64 Å². The number of Topliss-reactive ketones (excluding diaryl/α,β-unsaturated/α-hetero) is 1. The van der Waals surface area contributed by atoms with Crippen molar-refractivity contribution in [1.29, 1.82) is 0 Å². The Morgan fingerprint density at radius 3 is 1.97 bits per heavy atom. The highest BCUT2D eigenvalue weighted by Crippen LogP contribution is 2.23. The van der Waals surface area contributed by atoms with Crippen molar-refractivity contribution >= 4 is 17.8 Å². The van der Waals surface area contributed by atoms with Gasteiger partial charge in [-0.25, -0.2) is 4.79 Å². The van der Waals surface area contributed by atoms with Crippen LogP contribution >= 0.6 is 0 Å². The second-order valence-corrected chi connectivity index (χ2v) is 9.28. The molecule has 1 atom stereocenters. The average molecular weight is 437 g/mol. The van der Waals surface area contributed by atoms with Gasteiger partial charge in [0.1, 0.15) is 6.61 Å². The normalized spacial score (nSPS) is 16.0. The summed E-state index contributed by atoms with van der Waals surface area (Å²) in [6, 6.07) is 19.3. The van der Waals surface area contributed by atoms with Gasteiger partial charge >= 0.3 is 6.09 Å². The van der Waals surface area contributed by atoms with E-state index in [-0.39, 0.29) is 12.6 Å². The molecular weight excluding hydrogens is 404 g/mol. The summed E-state index contributed by atoms with van der Waals surface area (Å²) in [5, 5.41) is 0. The summed E-state index contributed by atoms with van der Waals surface area (Å²) in [4.78, 5) is 41.4. The van der Waals surface area contributed by atoms with Crippen LogP contribution in [0.1, 0.15) is 44.7 Å². The Bertz CT molecular complexity index is 880. The first-order chi connectivity index (χ1) is 15.3. The summed E-state index contributed by atoms with van der Waals surface area (Å²) in [7, 11) is 0. The molecular formula is C26H32N2O4. The van der Waals surface area contributed by atoms with E-state index in [4.69, 9.17) is 4.74 Å². The van der Waals surface area contributed by atoms with Crippen LogP contribution in [0.15, 0.2) is 60.7 Å². The largest absolute Gasteiger partial charge is 0.447 e. The number of benzene rings is 2. The minimum atomic E-state index is -0.733. The molecule has 0 saturated carbocycles. The van der Waals surface area contributed by atoms with Gasteiger partial charge in [0, 0.05) is 25.0 Å². The number of amides is 2. The zero-order valence-electron chi connectivity index (χ0n) is 19.1. The topological polar surface area (TPSA) is 66.9 Å². The van der Waals surface area contributed by atoms with Crippen LogP contribution < -0.4 is 0 Å². The van der Waals surface area contributed by atoms with Crippen molar-refractivity contribution in [2.24, 2.45) is 5.41 Å². The van der Waals surface area contributed by atoms with Gasteiger partial charge in [-0.3, -0.25) is 14.5 Å². The fourth-order valence-corrected chi connectivity index (χ4v) is 3.78. The summed E-state index contributed by atoms with van der Waals surface area (Å²) in [6.45, 7) is 6.66. The van der Waals surface area contributed by atoms with E-state index in [2.05, 4.69) is 0 Å². The zero-order valence-corrected chi connectivity index (χ0v) is 19.1. The lowest BCUT2D eigenvalue weighted by Crippen LogP contribution is -2.46. The third-order valence-corrected chi connectivity index (χ3v) is 5.60. The molecule has 2 aromatic rings. The summed E-state index contributed by atoms with van der Waals surface area (Å²) >= 11 is 0. The average Bonchev–Trinajstić information content (AvgIpc) is 3.25. The number of likely N-dealkylation sites (tertiary alicyclic amines) is 1. The van der Waals surface area contributed by atoms with Gasteiger partial charge in [0.2, 0.25) is 5.78 Å². The molecule has 0 radical (unpaired) electrons. The minimum Gasteiger partial charge on any atom is -0.447 e. The van der Waals surface area contributed by atoms with Crippen LogP contribution in [0, 0.1) is 5.41 Å². The van der Waals surface area contributed by atoms with E-state index in [1.54, 1.807) is 30.6 Å². The predicted molar refractivity (Wildman–Crippen MR) is 123 cm³/mol. The van der Waals surface area contributed by atoms with Crippen molar-refractivity contribution in [1.82, 2.24) is 9.80 Å². The second-order valence-electron chi connectivity index (χ2n) is 9.28. The standard InChI is InChI=1S/C26H32N2O4/c1-26(2,3)23(29)24(30)28-16-10-15-22(28)19-32-25(31)27(17-20-11-6-4-7-12-20)18-21-13-8-5-9-14-21/h4-9,11-14,22H,10,15-19H2,1-3H3. The van der Waals surface area contributed by atoms with E-state index in [1.807, 2.05) is 60.7 Å². The fourth-order valence-electron chi connectivity index (χ4n) is 3.78. The van der Waals surface area contributed by atoms with Crippen LogP contribution in [-0.4, -0.2) is 46.8 Å². The lowest BCUT2D eigenvalue weighted by atomic mass is 9.90. The van der Waals surface area contributed by atoms with Gasteiger partial charge in [-0.15, -0.1) is 0 Å². The smallest absolute Gasteiger partial charge is 0.410 e. The van der Waals surface area contributed by atoms with Gasteiger partial charge in [0.25, 0.3) is 5.91 Å². The van der Waals surface area contributed by atoms with Crippen molar-refractivity contribution in [3.8, 4) is 0 Å². The lowest BCUT2D eigenvalue weighted by Gasteiger charge is -2.28. The van der Waals surface area contributed by atoms with Gasteiger partial charge in [0.05, 0.1) is 6.04 Å². The lowest BCUT2D eigenvalue weighted by molar-refractivity contribution is -0.149. The van der Waals surface area contributed by atoms with E-state index < -0.39 is 23.2 Å². The Hall–Kier alpha value is -3.15. The highest BCUT2D eigenvalue weighted by molar-refractivity contribution is 6.37. The zero-order chi connectivity index (χ0) is 23.1. The van der Waals surface area contributed by atoms with Gasteiger partial charge in [-0.2, -0.15) is 0 Å². The van der Waals surface area contributed by atoms with Crippen molar-refractivity contribution in [2.75, 3.05) is 13.2 Å². The van der Waals surface area contributed by atoms with Crippen LogP contribution in [0.2, 0.25) is 0 Å². The molecule has 0 N–H and O–H groups in total. The molecule has 1 aliphatic heterocycles. The van der Waals surface area contributed by atoms with Crippen LogP contribution in [0.3, 0.4) is 0 Å². The summed E-state index contributed by atoms with van der Waals surface area (Å²) < 4.78 is 5.66. The Morgan fingerprint density at radius 1 is 0.938 bits per heavy atom. The Balaban J connectivity index is 1.66. The summed E-state index contributed by atoms with van der Waals surface area (Å²) in [6.07, 6.45) is 1.08. The third-order valence-electron chi connectivity index (χ3n) is 5.60. The maximum atomic E-state index is 13.0. The molecule has 32 heavy (non-hydrogen) atoms. The number of ether oxygens (including phenoxy) is 1. The van der Waals surface area contributed by atoms with Gasteiger partial charge in [-0.1, -0.05) is 81.4 Å². The number of carbonyl (C=O) groups excluding carboxylic acids is 3. The highest BCUT2D eigenvalue weighted by atomic mass is 16.6. The molecule has 6 heteroatoms. The second kappa shape index (κ2) is 10.4. The third kappa shape index (κ3) is 6.19. The number of rotatable bonds is 7. The number of nitrogens with zero attached hydrogens (tertiary/aromatic N) is 2. The molecule has 1 aliphatic rings. The molecule has 1 heterocycles. The Kier molecular flexibility index (Phi) is 7.67. The van der Waals surface area contributed by atoms with Crippen molar-refractivity contribution in [2.45, 2.75) is 52.7 Å². The first-order valence-electron chi connectivity index (χ1n) is 11.1. The quantitative estimate of drug-likeness (QED) is 0.602. The van der Waals surface area contributed by atoms with Crippen LogP contribution in [0.5, 0.6) is 0 Å². The molecule has 3 rings (SSSR count). The van der Waals surface area contributed by atoms with Gasteiger partial charge in [-0.05, 0) is 24.0 Å². The highest BCUT2D eigenvalue weighted by Gasteiger charge is 2.37. The molecule has 2 aromatic carbocycles. The minimum absolute atomic E-state index is 0.0854. The number of carbonyl (C=O) groups is 3. The molecule has 2 amide bonds.